The van der Waals surface area contributed by atoms with Gasteiger partial charge < -0.3 is 10.8 Å². The van der Waals surface area contributed by atoms with Crippen LogP contribution in [0.2, 0.25) is 0 Å². The predicted molar refractivity (Wildman–Crippen MR) is 71.6 cm³/mol. The Balaban J connectivity index is 2.36. The summed E-state index contributed by atoms with van der Waals surface area (Å²) in [6, 6.07) is 9.99. The molecule has 0 saturated heterocycles. The highest BCUT2D eigenvalue weighted by atomic mass is 35.5. The number of benzene rings is 1. The summed E-state index contributed by atoms with van der Waals surface area (Å²) in [5, 5.41) is 9.79. The van der Waals surface area contributed by atoms with Gasteiger partial charge >= 0.3 is 0 Å². The molecular weight excluding hydrogens is 234 g/mol. The number of hydrogen-bond acceptors (Lipinski definition) is 2. The van der Waals surface area contributed by atoms with Gasteiger partial charge in [-0.3, -0.25) is 0 Å². The number of nitrogens with two attached hydrogens (primary N) is 1. The molecule has 2 rings (SSSR count). The zero-order valence-electron chi connectivity index (χ0n) is 9.73. The summed E-state index contributed by atoms with van der Waals surface area (Å²) in [4.78, 5) is -0.889. The SMILES string of the molecule is CC(O)C1(Cl)CC(c2ccccc2)=CC=C1N. The fraction of sp³-hybridized carbons (Fsp3) is 0.286. The molecule has 2 atom stereocenters. The first kappa shape index (κ1) is 12.2. The molecule has 0 radical (unpaired) electrons. The van der Waals surface area contributed by atoms with E-state index in [1.165, 1.54) is 0 Å². The van der Waals surface area contributed by atoms with Crippen LogP contribution in [-0.2, 0) is 0 Å². The maximum absolute atomic E-state index is 9.79. The van der Waals surface area contributed by atoms with Gasteiger partial charge in [-0.2, -0.15) is 0 Å². The summed E-state index contributed by atoms with van der Waals surface area (Å²) in [7, 11) is 0. The zero-order valence-corrected chi connectivity index (χ0v) is 10.5. The molecule has 0 heterocycles. The van der Waals surface area contributed by atoms with E-state index in [0.717, 1.165) is 11.1 Å². The number of aliphatic hydroxyl groups is 1. The van der Waals surface area contributed by atoms with Crippen LogP contribution in [-0.4, -0.2) is 16.1 Å². The molecule has 3 heteroatoms. The third-order valence-corrected chi connectivity index (χ3v) is 3.87. The Bertz CT molecular complexity index is 464. The summed E-state index contributed by atoms with van der Waals surface area (Å²) < 4.78 is 0. The Morgan fingerprint density at radius 3 is 2.53 bits per heavy atom. The van der Waals surface area contributed by atoms with E-state index in [1.807, 2.05) is 36.4 Å². The number of alkyl halides is 1. The van der Waals surface area contributed by atoms with Crippen LogP contribution in [0.25, 0.3) is 5.57 Å². The largest absolute Gasteiger partial charge is 0.401 e. The van der Waals surface area contributed by atoms with E-state index in [2.05, 4.69) is 0 Å². The van der Waals surface area contributed by atoms with E-state index >= 15 is 0 Å². The molecule has 0 aliphatic heterocycles. The van der Waals surface area contributed by atoms with Gasteiger partial charge in [0.15, 0.2) is 0 Å². The molecule has 2 nitrogen and oxygen atoms in total. The second kappa shape index (κ2) is 4.55. The summed E-state index contributed by atoms with van der Waals surface area (Å²) >= 11 is 6.42. The first-order chi connectivity index (χ1) is 8.04. The third kappa shape index (κ3) is 2.24. The summed E-state index contributed by atoms with van der Waals surface area (Å²) in [5.41, 5.74) is 8.61. The first-order valence-corrected chi connectivity index (χ1v) is 6.01. The van der Waals surface area contributed by atoms with Crippen LogP contribution in [0.1, 0.15) is 18.9 Å². The molecule has 0 bridgehead atoms. The Kier molecular flexibility index (Phi) is 3.27. The lowest BCUT2D eigenvalue weighted by atomic mass is 9.84. The summed E-state index contributed by atoms with van der Waals surface area (Å²) in [6.45, 7) is 1.67. The quantitative estimate of drug-likeness (QED) is 0.792. The Morgan fingerprint density at radius 1 is 1.29 bits per heavy atom. The molecule has 0 saturated carbocycles. The molecule has 0 amide bonds. The van der Waals surface area contributed by atoms with Gasteiger partial charge in [0.25, 0.3) is 0 Å². The van der Waals surface area contributed by atoms with Crippen LogP contribution in [0.4, 0.5) is 0 Å². The molecule has 1 aromatic carbocycles. The molecule has 1 aliphatic rings. The number of allylic oxidation sites excluding steroid dienone is 3. The lowest BCUT2D eigenvalue weighted by molar-refractivity contribution is 0.158. The Morgan fingerprint density at radius 2 is 1.94 bits per heavy atom. The number of rotatable bonds is 2. The van der Waals surface area contributed by atoms with Crippen molar-refractivity contribution in [1.29, 1.82) is 0 Å². The average Bonchev–Trinajstić information content (AvgIpc) is 2.33. The first-order valence-electron chi connectivity index (χ1n) is 5.63. The molecule has 90 valence electrons. The maximum atomic E-state index is 9.79. The summed E-state index contributed by atoms with van der Waals surface area (Å²) in [5.74, 6) is 0. The van der Waals surface area contributed by atoms with Crippen LogP contribution >= 0.6 is 11.6 Å². The van der Waals surface area contributed by atoms with E-state index < -0.39 is 11.0 Å². The van der Waals surface area contributed by atoms with E-state index in [-0.39, 0.29) is 0 Å². The molecule has 17 heavy (non-hydrogen) atoms. The lowest BCUT2D eigenvalue weighted by Gasteiger charge is -2.34. The summed E-state index contributed by atoms with van der Waals surface area (Å²) in [6.07, 6.45) is 3.60. The normalized spacial score (nSPS) is 26.1. The highest BCUT2D eigenvalue weighted by Gasteiger charge is 2.38. The minimum Gasteiger partial charge on any atom is -0.401 e. The van der Waals surface area contributed by atoms with Gasteiger partial charge in [0, 0.05) is 12.1 Å². The molecular formula is C14H16ClNO. The fourth-order valence-corrected chi connectivity index (χ4v) is 2.21. The van der Waals surface area contributed by atoms with Crippen molar-refractivity contribution in [2.24, 2.45) is 5.73 Å². The Hall–Kier alpha value is -1.25. The topological polar surface area (TPSA) is 46.2 Å². The minimum absolute atomic E-state index is 0.522. The van der Waals surface area contributed by atoms with E-state index in [9.17, 15) is 5.11 Å². The van der Waals surface area contributed by atoms with Gasteiger partial charge in [-0.1, -0.05) is 36.4 Å². The van der Waals surface area contributed by atoms with E-state index in [4.69, 9.17) is 17.3 Å². The van der Waals surface area contributed by atoms with Crippen molar-refractivity contribution in [2.75, 3.05) is 0 Å². The average molecular weight is 250 g/mol. The van der Waals surface area contributed by atoms with E-state index in [1.54, 1.807) is 13.0 Å². The van der Waals surface area contributed by atoms with Gasteiger partial charge in [-0.25, -0.2) is 0 Å². The van der Waals surface area contributed by atoms with Crippen LogP contribution < -0.4 is 5.73 Å². The number of hydrogen-bond donors (Lipinski definition) is 2. The molecule has 1 aliphatic carbocycles. The van der Waals surface area contributed by atoms with Crippen LogP contribution in [0.3, 0.4) is 0 Å². The van der Waals surface area contributed by atoms with E-state index in [0.29, 0.717) is 12.1 Å². The van der Waals surface area contributed by atoms with Crippen molar-refractivity contribution in [2.45, 2.75) is 24.3 Å². The van der Waals surface area contributed by atoms with Gasteiger partial charge in [-0.15, -0.1) is 11.6 Å². The second-order valence-electron chi connectivity index (χ2n) is 4.40. The minimum atomic E-state index is -0.889. The lowest BCUT2D eigenvalue weighted by Crippen LogP contribution is -2.41. The monoisotopic (exact) mass is 249 g/mol. The zero-order chi connectivity index (χ0) is 12.5. The van der Waals surface area contributed by atoms with Crippen molar-refractivity contribution in [3.8, 4) is 0 Å². The molecule has 0 aromatic heterocycles. The highest BCUT2D eigenvalue weighted by molar-refractivity contribution is 6.27. The van der Waals surface area contributed by atoms with Crippen molar-refractivity contribution >= 4 is 17.2 Å². The van der Waals surface area contributed by atoms with Gasteiger partial charge in [0.1, 0.15) is 4.87 Å². The predicted octanol–water partition coefficient (Wildman–Crippen LogP) is 2.67. The second-order valence-corrected chi connectivity index (χ2v) is 5.07. The molecule has 2 unspecified atom stereocenters. The number of halogens is 1. The van der Waals surface area contributed by atoms with Crippen molar-refractivity contribution in [1.82, 2.24) is 0 Å². The Labute approximate surface area is 106 Å². The molecule has 0 spiro atoms. The smallest absolute Gasteiger partial charge is 0.113 e. The van der Waals surface area contributed by atoms with Gasteiger partial charge in [0.05, 0.1) is 6.10 Å². The molecule has 0 fully saturated rings. The van der Waals surface area contributed by atoms with Gasteiger partial charge in [-0.05, 0) is 24.1 Å². The van der Waals surface area contributed by atoms with Crippen LogP contribution in [0.15, 0.2) is 48.2 Å². The molecule has 3 N–H and O–H groups in total. The third-order valence-electron chi connectivity index (χ3n) is 3.20. The fourth-order valence-electron chi connectivity index (χ4n) is 2.01. The van der Waals surface area contributed by atoms with Crippen LogP contribution in [0.5, 0.6) is 0 Å². The van der Waals surface area contributed by atoms with Crippen molar-refractivity contribution in [3.63, 3.8) is 0 Å². The number of aliphatic hydroxyl groups excluding tert-OH is 1. The highest BCUT2D eigenvalue weighted by Crippen LogP contribution is 2.39. The van der Waals surface area contributed by atoms with Crippen LogP contribution in [0, 0.1) is 0 Å². The molecule has 1 aromatic rings. The van der Waals surface area contributed by atoms with Crippen molar-refractivity contribution < 1.29 is 5.11 Å². The maximum Gasteiger partial charge on any atom is 0.113 e. The van der Waals surface area contributed by atoms with Gasteiger partial charge in [0.2, 0.25) is 0 Å². The van der Waals surface area contributed by atoms with Crippen molar-refractivity contribution in [3.05, 3.63) is 53.7 Å². The standard InChI is InChI=1S/C14H16ClNO/c1-10(17)14(15)9-12(7-8-13(14)16)11-5-3-2-4-6-11/h2-8,10,17H,9,16H2,1H3.